The van der Waals surface area contributed by atoms with E-state index in [2.05, 4.69) is 19.2 Å². The summed E-state index contributed by atoms with van der Waals surface area (Å²) in [7, 11) is 0. The Kier molecular flexibility index (Phi) is 61.4. The molecule has 0 aliphatic carbocycles. The fourth-order valence-corrected chi connectivity index (χ4v) is 10.8. The summed E-state index contributed by atoms with van der Waals surface area (Å²) >= 11 is 0. The fraction of sp³-hybridized carbons (Fsp3) is 0.970. The predicted octanol–water partition coefficient (Wildman–Crippen LogP) is 21.0. The summed E-state index contributed by atoms with van der Waals surface area (Å²) in [6.45, 7) is 4.99. The van der Waals surface area contributed by atoms with E-state index in [-0.39, 0.29) is 18.5 Å². The van der Waals surface area contributed by atoms with E-state index in [4.69, 9.17) is 4.74 Å². The Balaban J connectivity index is 3.35. The van der Waals surface area contributed by atoms with Crippen LogP contribution in [-0.2, 0) is 14.3 Å². The molecule has 0 heterocycles. The largest absolute Gasteiger partial charge is 0.466 e. The van der Waals surface area contributed by atoms with Crippen LogP contribution in [0.2, 0.25) is 0 Å². The van der Waals surface area contributed by atoms with Crippen molar-refractivity contribution in [2.45, 2.75) is 398 Å². The second kappa shape index (κ2) is 62.4. The number of rotatable bonds is 63. The number of hydrogen-bond donors (Lipinski definition) is 3. The van der Waals surface area contributed by atoms with Gasteiger partial charge in [0, 0.05) is 12.8 Å². The van der Waals surface area contributed by atoms with Crippen LogP contribution in [0, 0.1) is 0 Å². The molecule has 72 heavy (non-hydrogen) atoms. The summed E-state index contributed by atoms with van der Waals surface area (Å²) in [6, 6.07) is -0.542. The van der Waals surface area contributed by atoms with Crippen molar-refractivity contribution in [2.75, 3.05) is 13.2 Å². The highest BCUT2D eigenvalue weighted by molar-refractivity contribution is 5.76. The highest BCUT2D eigenvalue weighted by Gasteiger charge is 2.20. The molecule has 430 valence electrons. The van der Waals surface area contributed by atoms with E-state index in [0.717, 1.165) is 38.5 Å². The smallest absolute Gasteiger partial charge is 0.305 e. The first-order chi connectivity index (χ1) is 35.5. The van der Waals surface area contributed by atoms with Crippen LogP contribution in [-0.4, -0.2) is 47.4 Å². The van der Waals surface area contributed by atoms with Crippen molar-refractivity contribution in [3.05, 3.63) is 0 Å². The first-order valence-corrected chi connectivity index (χ1v) is 33.3. The van der Waals surface area contributed by atoms with Crippen LogP contribution in [0.4, 0.5) is 0 Å². The van der Waals surface area contributed by atoms with E-state index in [9.17, 15) is 19.8 Å². The van der Waals surface area contributed by atoms with Gasteiger partial charge in [-0.05, 0) is 25.7 Å². The van der Waals surface area contributed by atoms with Crippen molar-refractivity contribution in [3.8, 4) is 0 Å². The highest BCUT2D eigenvalue weighted by atomic mass is 16.5. The summed E-state index contributed by atoms with van der Waals surface area (Å²) in [5.41, 5.74) is 0. The second-order valence-electron chi connectivity index (χ2n) is 23.2. The van der Waals surface area contributed by atoms with E-state index >= 15 is 0 Å². The Bertz CT molecular complexity index is 1040. The maximum atomic E-state index is 12.5. The lowest BCUT2D eigenvalue weighted by atomic mass is 10.0. The number of aliphatic hydroxyl groups excluding tert-OH is 2. The number of hydrogen-bond acceptors (Lipinski definition) is 5. The second-order valence-corrected chi connectivity index (χ2v) is 23.2. The van der Waals surface area contributed by atoms with Gasteiger partial charge in [0.05, 0.1) is 25.4 Å². The molecule has 0 bridgehead atoms. The van der Waals surface area contributed by atoms with Crippen molar-refractivity contribution in [2.24, 2.45) is 0 Å². The zero-order valence-electron chi connectivity index (χ0n) is 49.2. The summed E-state index contributed by atoms with van der Waals surface area (Å²) in [5, 5.41) is 23.3. The third kappa shape index (κ3) is 58.1. The lowest BCUT2D eigenvalue weighted by Gasteiger charge is -2.22. The summed E-state index contributed by atoms with van der Waals surface area (Å²) in [5.74, 6) is -0.0161. The van der Waals surface area contributed by atoms with Crippen molar-refractivity contribution < 1.29 is 24.5 Å². The highest BCUT2D eigenvalue weighted by Crippen LogP contribution is 2.19. The van der Waals surface area contributed by atoms with Gasteiger partial charge < -0.3 is 20.3 Å². The van der Waals surface area contributed by atoms with Crippen LogP contribution in [0.5, 0.6) is 0 Å². The summed E-state index contributed by atoms with van der Waals surface area (Å²) < 4.78 is 5.51. The third-order valence-electron chi connectivity index (χ3n) is 15.9. The van der Waals surface area contributed by atoms with Crippen molar-refractivity contribution in [1.82, 2.24) is 5.32 Å². The number of nitrogens with one attached hydrogen (secondary N) is 1. The molecular weight excluding hydrogens is 887 g/mol. The first kappa shape index (κ1) is 70.9. The minimum Gasteiger partial charge on any atom is -0.466 e. The molecule has 0 radical (unpaired) electrons. The Morgan fingerprint density at radius 3 is 0.847 bits per heavy atom. The van der Waals surface area contributed by atoms with Gasteiger partial charge in [0.15, 0.2) is 0 Å². The van der Waals surface area contributed by atoms with E-state index in [1.54, 1.807) is 0 Å². The Morgan fingerprint density at radius 2 is 0.569 bits per heavy atom. The molecule has 2 atom stereocenters. The number of esters is 1. The molecule has 0 rings (SSSR count). The Morgan fingerprint density at radius 1 is 0.333 bits per heavy atom. The van der Waals surface area contributed by atoms with Gasteiger partial charge in [-0.2, -0.15) is 0 Å². The van der Waals surface area contributed by atoms with E-state index in [1.807, 2.05) is 0 Å². The molecular formula is C66H131NO5. The van der Waals surface area contributed by atoms with Gasteiger partial charge in [0.25, 0.3) is 0 Å². The molecule has 3 N–H and O–H groups in total. The van der Waals surface area contributed by atoms with Crippen molar-refractivity contribution in [3.63, 3.8) is 0 Å². The number of unbranched alkanes of at least 4 members (excludes halogenated alkanes) is 52. The van der Waals surface area contributed by atoms with Gasteiger partial charge in [-0.3, -0.25) is 9.59 Å². The minimum atomic E-state index is -0.664. The first-order valence-electron chi connectivity index (χ1n) is 33.3. The molecule has 0 aromatic rings. The molecule has 0 saturated carbocycles. The summed E-state index contributed by atoms with van der Waals surface area (Å²) in [4.78, 5) is 24.6. The Labute approximate surface area is 451 Å². The van der Waals surface area contributed by atoms with Gasteiger partial charge in [0.2, 0.25) is 5.91 Å². The van der Waals surface area contributed by atoms with Crippen LogP contribution < -0.4 is 5.32 Å². The van der Waals surface area contributed by atoms with Crippen molar-refractivity contribution >= 4 is 11.9 Å². The van der Waals surface area contributed by atoms with Gasteiger partial charge in [-0.1, -0.05) is 348 Å². The van der Waals surface area contributed by atoms with Crippen LogP contribution >= 0.6 is 0 Å². The molecule has 2 unspecified atom stereocenters. The molecule has 1 amide bonds. The molecule has 0 aromatic carbocycles. The Hall–Kier alpha value is -1.14. The zero-order chi connectivity index (χ0) is 52.2. The molecule has 0 aliphatic heterocycles. The normalized spacial score (nSPS) is 12.4. The maximum absolute atomic E-state index is 12.5. The lowest BCUT2D eigenvalue weighted by Crippen LogP contribution is -2.45. The van der Waals surface area contributed by atoms with Gasteiger partial charge >= 0.3 is 5.97 Å². The average Bonchev–Trinajstić information content (AvgIpc) is 3.38. The quantitative estimate of drug-likeness (QED) is 0.0417. The number of amides is 1. The third-order valence-corrected chi connectivity index (χ3v) is 15.9. The average molecular weight is 1020 g/mol. The van der Waals surface area contributed by atoms with E-state index < -0.39 is 12.1 Å². The molecule has 0 aliphatic rings. The number of aliphatic hydroxyl groups is 2. The van der Waals surface area contributed by atoms with E-state index in [0.29, 0.717) is 25.9 Å². The molecule has 6 heteroatoms. The molecule has 6 nitrogen and oxygen atoms in total. The van der Waals surface area contributed by atoms with E-state index in [1.165, 1.54) is 315 Å². The fourth-order valence-electron chi connectivity index (χ4n) is 10.8. The zero-order valence-corrected chi connectivity index (χ0v) is 49.2. The van der Waals surface area contributed by atoms with Crippen LogP contribution in [0.15, 0.2) is 0 Å². The number of carbonyl (C=O) groups excluding carboxylic acids is 2. The molecule has 0 spiro atoms. The number of carbonyl (C=O) groups is 2. The van der Waals surface area contributed by atoms with Gasteiger partial charge in [-0.15, -0.1) is 0 Å². The van der Waals surface area contributed by atoms with Crippen LogP contribution in [0.1, 0.15) is 386 Å². The monoisotopic (exact) mass is 1020 g/mol. The van der Waals surface area contributed by atoms with Gasteiger partial charge in [0.1, 0.15) is 0 Å². The topological polar surface area (TPSA) is 95.9 Å². The van der Waals surface area contributed by atoms with Crippen molar-refractivity contribution in [1.29, 1.82) is 0 Å². The molecule has 0 saturated heterocycles. The lowest BCUT2D eigenvalue weighted by molar-refractivity contribution is -0.143. The molecule has 0 aromatic heterocycles. The number of ether oxygens (including phenoxy) is 1. The SMILES string of the molecule is CCCCCCCCCCCCCCCCCCCCCC(=O)OCCCCCCCCCCCCCCCCCCCCCCC(=O)NC(CO)C(O)CCCCCCCCCCCCCCCCCC. The van der Waals surface area contributed by atoms with Crippen LogP contribution in [0.25, 0.3) is 0 Å². The van der Waals surface area contributed by atoms with Crippen LogP contribution in [0.3, 0.4) is 0 Å². The standard InChI is InChI=1S/C66H131NO5/c1-3-5-7-9-11-13-15-17-19-21-24-28-32-36-40-44-48-52-56-60-66(71)72-61-57-53-49-45-41-37-33-29-26-23-22-25-27-31-35-39-43-47-51-55-59-65(70)67-63(62-68)64(69)58-54-50-46-42-38-34-30-20-18-16-14-12-10-8-6-4-2/h63-64,68-69H,3-62H2,1-2H3,(H,67,70). The predicted molar refractivity (Wildman–Crippen MR) is 315 cm³/mol. The maximum Gasteiger partial charge on any atom is 0.305 e. The van der Waals surface area contributed by atoms with Gasteiger partial charge in [-0.25, -0.2) is 0 Å². The minimum absolute atomic E-state index is 0.0168. The molecule has 0 fully saturated rings. The summed E-state index contributed by atoms with van der Waals surface area (Å²) in [6.07, 6.45) is 74.1.